The van der Waals surface area contributed by atoms with Crippen LogP contribution in [-0.4, -0.2) is 36.0 Å². The SMILES string of the molecule is CCC1CCCCN1C(=O)CC1CCCN1.Cl. The van der Waals surface area contributed by atoms with Gasteiger partial charge in [-0.15, -0.1) is 12.4 Å². The van der Waals surface area contributed by atoms with Gasteiger partial charge in [0.15, 0.2) is 0 Å². The maximum Gasteiger partial charge on any atom is 0.224 e. The number of hydrogen-bond donors (Lipinski definition) is 1. The summed E-state index contributed by atoms with van der Waals surface area (Å²) in [6.07, 6.45) is 7.94. The third-order valence-corrected chi connectivity index (χ3v) is 4.00. The quantitative estimate of drug-likeness (QED) is 0.845. The van der Waals surface area contributed by atoms with E-state index in [1.807, 2.05) is 0 Å². The van der Waals surface area contributed by atoms with Crippen molar-refractivity contribution in [1.82, 2.24) is 10.2 Å². The molecule has 17 heavy (non-hydrogen) atoms. The minimum Gasteiger partial charge on any atom is -0.340 e. The van der Waals surface area contributed by atoms with Crippen molar-refractivity contribution in [2.24, 2.45) is 0 Å². The molecule has 2 atom stereocenters. The molecule has 0 spiro atoms. The van der Waals surface area contributed by atoms with E-state index in [0.717, 1.165) is 25.9 Å². The third kappa shape index (κ3) is 3.85. The predicted molar refractivity (Wildman–Crippen MR) is 72.5 cm³/mol. The van der Waals surface area contributed by atoms with Crippen molar-refractivity contribution in [2.75, 3.05) is 13.1 Å². The first-order chi connectivity index (χ1) is 7.81. The monoisotopic (exact) mass is 260 g/mol. The van der Waals surface area contributed by atoms with E-state index in [2.05, 4.69) is 17.1 Å². The molecule has 1 N–H and O–H groups in total. The summed E-state index contributed by atoms with van der Waals surface area (Å²) < 4.78 is 0. The molecule has 0 bridgehead atoms. The Morgan fingerprint density at radius 1 is 1.29 bits per heavy atom. The van der Waals surface area contributed by atoms with Crippen LogP contribution >= 0.6 is 12.4 Å². The van der Waals surface area contributed by atoms with E-state index in [1.165, 1.54) is 32.1 Å². The van der Waals surface area contributed by atoms with Crippen molar-refractivity contribution in [3.63, 3.8) is 0 Å². The van der Waals surface area contributed by atoms with Crippen LogP contribution in [0, 0.1) is 0 Å². The van der Waals surface area contributed by atoms with Crippen molar-refractivity contribution in [3.05, 3.63) is 0 Å². The van der Waals surface area contributed by atoms with E-state index in [9.17, 15) is 4.79 Å². The molecule has 4 heteroatoms. The van der Waals surface area contributed by atoms with Gasteiger partial charge >= 0.3 is 0 Å². The highest BCUT2D eigenvalue weighted by Crippen LogP contribution is 2.21. The maximum atomic E-state index is 12.2. The van der Waals surface area contributed by atoms with E-state index < -0.39 is 0 Å². The van der Waals surface area contributed by atoms with Gasteiger partial charge in [0.05, 0.1) is 0 Å². The van der Waals surface area contributed by atoms with Gasteiger partial charge in [-0.25, -0.2) is 0 Å². The fourth-order valence-electron chi connectivity index (χ4n) is 3.01. The summed E-state index contributed by atoms with van der Waals surface area (Å²) in [5, 5.41) is 3.41. The van der Waals surface area contributed by atoms with E-state index in [4.69, 9.17) is 0 Å². The summed E-state index contributed by atoms with van der Waals surface area (Å²) in [7, 11) is 0. The molecule has 1 amide bonds. The number of carbonyl (C=O) groups excluding carboxylic acids is 1. The topological polar surface area (TPSA) is 32.3 Å². The normalized spacial score (nSPS) is 28.9. The largest absolute Gasteiger partial charge is 0.340 e. The Labute approximate surface area is 111 Å². The zero-order chi connectivity index (χ0) is 11.4. The Morgan fingerprint density at radius 3 is 2.76 bits per heavy atom. The van der Waals surface area contributed by atoms with E-state index >= 15 is 0 Å². The molecule has 0 radical (unpaired) electrons. The molecule has 2 rings (SSSR count). The van der Waals surface area contributed by atoms with Crippen molar-refractivity contribution in [2.45, 2.75) is 64.0 Å². The summed E-state index contributed by atoms with van der Waals surface area (Å²) in [6.45, 7) is 4.28. The van der Waals surface area contributed by atoms with Crippen LogP contribution in [0.3, 0.4) is 0 Å². The van der Waals surface area contributed by atoms with Crippen LogP contribution in [0.25, 0.3) is 0 Å². The van der Waals surface area contributed by atoms with Crippen LogP contribution < -0.4 is 5.32 Å². The lowest BCUT2D eigenvalue weighted by atomic mass is 9.99. The molecule has 2 aliphatic rings. The number of piperidine rings is 1. The zero-order valence-corrected chi connectivity index (χ0v) is 11.6. The van der Waals surface area contributed by atoms with Crippen molar-refractivity contribution < 1.29 is 4.79 Å². The molecule has 2 aliphatic heterocycles. The molecule has 2 fully saturated rings. The summed E-state index contributed by atoms with van der Waals surface area (Å²) in [5.41, 5.74) is 0. The second kappa shape index (κ2) is 7.22. The van der Waals surface area contributed by atoms with Gasteiger partial charge < -0.3 is 10.2 Å². The molecule has 100 valence electrons. The van der Waals surface area contributed by atoms with Gasteiger partial charge in [0.1, 0.15) is 0 Å². The van der Waals surface area contributed by atoms with Gasteiger partial charge in [-0.1, -0.05) is 6.92 Å². The molecular weight excluding hydrogens is 236 g/mol. The molecule has 0 aliphatic carbocycles. The fraction of sp³-hybridized carbons (Fsp3) is 0.923. The minimum atomic E-state index is 0. The molecule has 2 unspecified atom stereocenters. The predicted octanol–water partition coefficient (Wildman–Crippen LogP) is 2.34. The second-order valence-corrected chi connectivity index (χ2v) is 5.14. The molecular formula is C13H25ClN2O. The average molecular weight is 261 g/mol. The average Bonchev–Trinajstić information content (AvgIpc) is 2.81. The number of likely N-dealkylation sites (tertiary alicyclic amines) is 1. The Kier molecular flexibility index (Phi) is 6.28. The summed E-state index contributed by atoms with van der Waals surface area (Å²) in [6, 6.07) is 0.967. The Morgan fingerprint density at radius 2 is 2.12 bits per heavy atom. The van der Waals surface area contributed by atoms with Gasteiger partial charge in [-0.2, -0.15) is 0 Å². The Hall–Kier alpha value is -0.280. The smallest absolute Gasteiger partial charge is 0.224 e. The highest BCUT2D eigenvalue weighted by molar-refractivity contribution is 5.85. The lowest BCUT2D eigenvalue weighted by Gasteiger charge is -2.36. The van der Waals surface area contributed by atoms with Crippen LogP contribution in [0.2, 0.25) is 0 Å². The lowest BCUT2D eigenvalue weighted by molar-refractivity contribution is -0.135. The van der Waals surface area contributed by atoms with Crippen molar-refractivity contribution >= 4 is 18.3 Å². The van der Waals surface area contributed by atoms with Crippen LogP contribution in [0.4, 0.5) is 0 Å². The molecule has 2 saturated heterocycles. The number of amides is 1. The number of rotatable bonds is 3. The molecule has 0 aromatic carbocycles. The Balaban J connectivity index is 0.00000144. The fourth-order valence-corrected chi connectivity index (χ4v) is 3.01. The first-order valence-corrected chi connectivity index (χ1v) is 6.84. The Bertz CT molecular complexity index is 242. The molecule has 2 heterocycles. The minimum absolute atomic E-state index is 0. The molecule has 0 aromatic heterocycles. The van der Waals surface area contributed by atoms with Crippen LogP contribution in [0.1, 0.15) is 51.9 Å². The highest BCUT2D eigenvalue weighted by atomic mass is 35.5. The van der Waals surface area contributed by atoms with Gasteiger partial charge in [0.2, 0.25) is 5.91 Å². The molecule has 0 aromatic rings. The summed E-state index contributed by atoms with van der Waals surface area (Å²) >= 11 is 0. The number of nitrogens with one attached hydrogen (secondary N) is 1. The van der Waals surface area contributed by atoms with Gasteiger partial charge in [-0.05, 0) is 45.1 Å². The number of nitrogens with zero attached hydrogens (tertiary/aromatic N) is 1. The number of hydrogen-bond acceptors (Lipinski definition) is 2. The van der Waals surface area contributed by atoms with E-state index in [-0.39, 0.29) is 12.4 Å². The van der Waals surface area contributed by atoms with E-state index in [1.54, 1.807) is 0 Å². The zero-order valence-electron chi connectivity index (χ0n) is 10.8. The first kappa shape index (κ1) is 14.8. The number of halogens is 1. The lowest BCUT2D eigenvalue weighted by Crippen LogP contribution is -2.45. The van der Waals surface area contributed by atoms with Crippen molar-refractivity contribution in [3.8, 4) is 0 Å². The third-order valence-electron chi connectivity index (χ3n) is 4.00. The summed E-state index contributed by atoms with van der Waals surface area (Å²) in [5.74, 6) is 0.381. The van der Waals surface area contributed by atoms with Crippen molar-refractivity contribution in [1.29, 1.82) is 0 Å². The van der Waals surface area contributed by atoms with Crippen LogP contribution in [-0.2, 0) is 4.79 Å². The maximum absolute atomic E-state index is 12.2. The van der Waals surface area contributed by atoms with E-state index in [0.29, 0.717) is 18.0 Å². The second-order valence-electron chi connectivity index (χ2n) is 5.14. The standard InChI is InChI=1S/C13H24N2O.ClH/c1-2-12-7-3-4-9-15(12)13(16)10-11-6-5-8-14-11;/h11-12,14H,2-10H2,1H3;1H. The van der Waals surface area contributed by atoms with Gasteiger partial charge in [0, 0.05) is 25.0 Å². The first-order valence-electron chi connectivity index (χ1n) is 6.84. The molecule has 3 nitrogen and oxygen atoms in total. The molecule has 0 saturated carbocycles. The summed E-state index contributed by atoms with van der Waals surface area (Å²) in [4.78, 5) is 14.4. The van der Waals surface area contributed by atoms with Crippen LogP contribution in [0.15, 0.2) is 0 Å². The van der Waals surface area contributed by atoms with Gasteiger partial charge in [-0.3, -0.25) is 4.79 Å². The van der Waals surface area contributed by atoms with Gasteiger partial charge in [0.25, 0.3) is 0 Å². The highest BCUT2D eigenvalue weighted by Gasteiger charge is 2.27. The van der Waals surface area contributed by atoms with Crippen LogP contribution in [0.5, 0.6) is 0 Å². The number of carbonyl (C=O) groups is 1.